The van der Waals surface area contributed by atoms with Crippen molar-refractivity contribution in [2.45, 2.75) is 13.3 Å². The van der Waals surface area contributed by atoms with Gasteiger partial charge in [-0.1, -0.05) is 19.1 Å². The van der Waals surface area contributed by atoms with E-state index in [-0.39, 0.29) is 5.92 Å². The number of anilines is 1. The van der Waals surface area contributed by atoms with Crippen molar-refractivity contribution in [2.75, 3.05) is 12.8 Å². The molecule has 1 aromatic carbocycles. The first-order chi connectivity index (χ1) is 7.69. The highest BCUT2D eigenvalue weighted by Crippen LogP contribution is 2.14. The van der Waals surface area contributed by atoms with Gasteiger partial charge in [-0.05, 0) is 17.7 Å². The Morgan fingerprint density at radius 2 is 2.12 bits per heavy atom. The number of benzene rings is 1. The zero-order chi connectivity index (χ0) is 12.0. The molecule has 0 aliphatic carbocycles. The molecule has 0 aromatic heterocycles. The maximum atomic E-state index is 10.5. The molecule has 0 aliphatic rings. The molecule has 0 bridgehead atoms. The van der Waals surface area contributed by atoms with Gasteiger partial charge in [-0.3, -0.25) is 0 Å². The molecule has 0 amide bonds. The van der Waals surface area contributed by atoms with Crippen LogP contribution in [-0.4, -0.2) is 19.0 Å². The molecule has 0 spiro atoms. The number of hydrazone groups is 1. The van der Waals surface area contributed by atoms with E-state index < -0.39 is 0 Å². The SMILES string of the molecule is CN/N=C(/c1ccc(N)cc1)C(C)CC=O. The Bertz CT molecular complexity index is 370. The number of hydrogen-bond donors (Lipinski definition) is 2. The van der Waals surface area contributed by atoms with Crippen LogP contribution in [0.4, 0.5) is 5.69 Å². The Morgan fingerprint density at radius 1 is 1.50 bits per heavy atom. The minimum Gasteiger partial charge on any atom is -0.399 e. The first kappa shape index (κ1) is 12.2. The normalized spacial score (nSPS) is 13.2. The second-order valence-electron chi connectivity index (χ2n) is 3.65. The lowest BCUT2D eigenvalue weighted by molar-refractivity contribution is -0.108. The van der Waals surface area contributed by atoms with Gasteiger partial charge in [0.25, 0.3) is 0 Å². The zero-order valence-electron chi connectivity index (χ0n) is 9.60. The van der Waals surface area contributed by atoms with Gasteiger partial charge >= 0.3 is 0 Å². The Morgan fingerprint density at radius 3 is 2.62 bits per heavy atom. The molecule has 0 heterocycles. The van der Waals surface area contributed by atoms with Crippen LogP contribution in [0.15, 0.2) is 29.4 Å². The summed E-state index contributed by atoms with van der Waals surface area (Å²) in [5.74, 6) is 0.0913. The van der Waals surface area contributed by atoms with Gasteiger partial charge < -0.3 is 16.0 Å². The fourth-order valence-electron chi connectivity index (χ4n) is 1.49. The molecule has 1 aromatic rings. The summed E-state index contributed by atoms with van der Waals surface area (Å²) in [5.41, 5.74) is 11.0. The van der Waals surface area contributed by atoms with Gasteiger partial charge in [0.15, 0.2) is 0 Å². The van der Waals surface area contributed by atoms with Gasteiger partial charge in [0.2, 0.25) is 0 Å². The molecule has 0 saturated carbocycles. The molecule has 0 radical (unpaired) electrons. The van der Waals surface area contributed by atoms with Crippen LogP contribution < -0.4 is 11.2 Å². The van der Waals surface area contributed by atoms with Crippen molar-refractivity contribution in [1.29, 1.82) is 0 Å². The van der Waals surface area contributed by atoms with Crippen molar-refractivity contribution >= 4 is 17.7 Å². The predicted molar refractivity (Wildman–Crippen MR) is 66.3 cm³/mol. The first-order valence-corrected chi connectivity index (χ1v) is 5.23. The molecule has 3 N–H and O–H groups in total. The Hall–Kier alpha value is -1.84. The molecule has 1 atom stereocenters. The number of nitrogens with two attached hydrogens (primary N) is 1. The van der Waals surface area contributed by atoms with E-state index >= 15 is 0 Å². The second-order valence-corrected chi connectivity index (χ2v) is 3.65. The third-order valence-electron chi connectivity index (χ3n) is 2.36. The van der Waals surface area contributed by atoms with Crippen LogP contribution in [0.2, 0.25) is 0 Å². The summed E-state index contributed by atoms with van der Waals surface area (Å²) in [7, 11) is 1.74. The molecular weight excluding hydrogens is 202 g/mol. The quantitative estimate of drug-likeness (QED) is 0.340. The maximum absolute atomic E-state index is 10.5. The molecule has 16 heavy (non-hydrogen) atoms. The zero-order valence-corrected chi connectivity index (χ0v) is 9.60. The van der Waals surface area contributed by atoms with Gasteiger partial charge in [0.1, 0.15) is 6.29 Å². The van der Waals surface area contributed by atoms with Crippen molar-refractivity contribution in [1.82, 2.24) is 5.43 Å². The highest BCUT2D eigenvalue weighted by Gasteiger charge is 2.12. The average molecular weight is 219 g/mol. The first-order valence-electron chi connectivity index (χ1n) is 5.23. The van der Waals surface area contributed by atoms with Crippen LogP contribution in [0.3, 0.4) is 0 Å². The number of rotatable bonds is 5. The summed E-state index contributed by atoms with van der Waals surface area (Å²) in [6.45, 7) is 1.97. The van der Waals surface area contributed by atoms with Crippen LogP contribution in [0.25, 0.3) is 0 Å². The van der Waals surface area contributed by atoms with Crippen LogP contribution >= 0.6 is 0 Å². The lowest BCUT2D eigenvalue weighted by Crippen LogP contribution is -2.16. The highest BCUT2D eigenvalue weighted by molar-refractivity contribution is 6.02. The summed E-state index contributed by atoms with van der Waals surface area (Å²) in [6, 6.07) is 7.47. The summed E-state index contributed by atoms with van der Waals surface area (Å²) in [4.78, 5) is 10.5. The Kier molecular flexibility index (Phi) is 4.51. The number of nitrogens with zero attached hydrogens (tertiary/aromatic N) is 1. The molecule has 0 fully saturated rings. The third kappa shape index (κ3) is 3.08. The van der Waals surface area contributed by atoms with E-state index in [1.807, 2.05) is 31.2 Å². The smallest absolute Gasteiger partial charge is 0.120 e. The number of nitrogen functional groups attached to an aromatic ring is 1. The van der Waals surface area contributed by atoms with Crippen LogP contribution in [0.5, 0.6) is 0 Å². The molecule has 4 nitrogen and oxygen atoms in total. The van der Waals surface area contributed by atoms with Gasteiger partial charge in [-0.15, -0.1) is 0 Å². The van der Waals surface area contributed by atoms with E-state index in [1.165, 1.54) is 0 Å². The van der Waals surface area contributed by atoms with Crippen molar-refractivity contribution < 1.29 is 4.79 Å². The van der Waals surface area contributed by atoms with Gasteiger partial charge in [0, 0.05) is 25.1 Å². The summed E-state index contributed by atoms with van der Waals surface area (Å²) in [5, 5.41) is 4.21. The third-order valence-corrected chi connectivity index (χ3v) is 2.36. The second kappa shape index (κ2) is 5.90. The van der Waals surface area contributed by atoms with Crippen molar-refractivity contribution in [3.63, 3.8) is 0 Å². The van der Waals surface area contributed by atoms with Crippen LogP contribution in [0.1, 0.15) is 18.9 Å². The maximum Gasteiger partial charge on any atom is 0.120 e. The standard InChI is InChI=1S/C12H17N3O/c1-9(7-8-16)12(15-14-2)10-3-5-11(13)6-4-10/h3-6,8-9,14H,7,13H2,1-2H3/b15-12+. The van der Waals surface area contributed by atoms with E-state index in [0.717, 1.165) is 23.2 Å². The number of aldehydes is 1. The van der Waals surface area contributed by atoms with Gasteiger partial charge in [-0.25, -0.2) is 0 Å². The predicted octanol–water partition coefficient (Wildman–Crippen LogP) is 1.42. The largest absolute Gasteiger partial charge is 0.399 e. The van der Waals surface area contributed by atoms with E-state index in [9.17, 15) is 4.79 Å². The van der Waals surface area contributed by atoms with Gasteiger partial charge in [0.05, 0.1) is 5.71 Å². The molecular formula is C12H17N3O. The fourth-order valence-corrected chi connectivity index (χ4v) is 1.49. The van der Waals surface area contributed by atoms with E-state index in [4.69, 9.17) is 5.73 Å². The summed E-state index contributed by atoms with van der Waals surface area (Å²) < 4.78 is 0. The van der Waals surface area contributed by atoms with Crippen molar-refractivity contribution in [3.8, 4) is 0 Å². The number of nitrogens with one attached hydrogen (secondary N) is 1. The Balaban J connectivity index is 2.98. The van der Waals surface area contributed by atoms with Crippen LogP contribution in [-0.2, 0) is 4.79 Å². The molecule has 86 valence electrons. The van der Waals surface area contributed by atoms with E-state index in [1.54, 1.807) is 7.05 Å². The molecule has 1 rings (SSSR count). The Labute approximate surface area is 95.5 Å². The minimum atomic E-state index is 0.0913. The average Bonchev–Trinajstić information content (AvgIpc) is 2.28. The van der Waals surface area contributed by atoms with Crippen LogP contribution in [0, 0.1) is 5.92 Å². The van der Waals surface area contributed by atoms with E-state index in [0.29, 0.717) is 6.42 Å². The molecule has 0 aliphatic heterocycles. The molecule has 4 heteroatoms. The number of carbonyl (C=O) groups excluding carboxylic acids is 1. The lowest BCUT2D eigenvalue weighted by Gasteiger charge is -2.12. The number of hydrogen-bond acceptors (Lipinski definition) is 4. The van der Waals surface area contributed by atoms with Crippen molar-refractivity contribution in [3.05, 3.63) is 29.8 Å². The van der Waals surface area contributed by atoms with E-state index in [2.05, 4.69) is 10.5 Å². The number of carbonyl (C=O) groups is 1. The van der Waals surface area contributed by atoms with Crippen molar-refractivity contribution in [2.24, 2.45) is 11.0 Å². The lowest BCUT2D eigenvalue weighted by atomic mass is 9.96. The molecule has 0 saturated heterocycles. The minimum absolute atomic E-state index is 0.0913. The summed E-state index contributed by atoms with van der Waals surface area (Å²) in [6.07, 6.45) is 1.37. The summed E-state index contributed by atoms with van der Waals surface area (Å²) >= 11 is 0. The highest BCUT2D eigenvalue weighted by atomic mass is 16.1. The monoisotopic (exact) mass is 219 g/mol. The van der Waals surface area contributed by atoms with Gasteiger partial charge in [-0.2, -0.15) is 5.10 Å². The topological polar surface area (TPSA) is 67.5 Å². The molecule has 1 unspecified atom stereocenters. The fraction of sp³-hybridized carbons (Fsp3) is 0.333.